The summed E-state index contributed by atoms with van der Waals surface area (Å²) >= 11 is 5.98. The number of hydrogen-bond acceptors (Lipinski definition) is 5. The first-order chi connectivity index (χ1) is 16.6. The van der Waals surface area contributed by atoms with Crippen molar-refractivity contribution in [1.82, 2.24) is 19.9 Å². The molecule has 2 aliphatic rings. The molecule has 1 aromatic heterocycles. The number of carbonyl (C=O) groups excluding carboxylic acids is 2. The van der Waals surface area contributed by atoms with Crippen molar-refractivity contribution >= 4 is 33.4 Å². The van der Waals surface area contributed by atoms with E-state index in [1.165, 1.54) is 34.8 Å². The summed E-state index contributed by atoms with van der Waals surface area (Å²) in [6, 6.07) is 8.55. The van der Waals surface area contributed by atoms with Crippen molar-refractivity contribution in [1.29, 1.82) is 0 Å². The average molecular weight is 519 g/mol. The Balaban J connectivity index is 1.66. The number of pyridine rings is 1. The zero-order valence-electron chi connectivity index (χ0n) is 19.9. The molecule has 1 aliphatic carbocycles. The van der Waals surface area contributed by atoms with Crippen molar-refractivity contribution in [2.45, 2.75) is 63.1 Å². The van der Waals surface area contributed by atoms with Crippen LogP contribution in [-0.2, 0) is 21.4 Å². The lowest BCUT2D eigenvalue weighted by atomic mass is 9.87. The normalized spacial score (nSPS) is 21.0. The van der Waals surface area contributed by atoms with E-state index in [1.807, 2.05) is 0 Å². The summed E-state index contributed by atoms with van der Waals surface area (Å²) in [5.74, 6) is -0.0589. The van der Waals surface area contributed by atoms with Gasteiger partial charge in [0, 0.05) is 30.4 Å². The third-order valence-electron chi connectivity index (χ3n) is 6.66. The van der Waals surface area contributed by atoms with Crippen molar-refractivity contribution in [3.63, 3.8) is 0 Å². The van der Waals surface area contributed by atoms with Gasteiger partial charge in [-0.15, -0.1) is 0 Å². The quantitative estimate of drug-likeness (QED) is 0.557. The molecule has 8 nitrogen and oxygen atoms in total. The third kappa shape index (κ3) is 6.20. The maximum absolute atomic E-state index is 13.8. The molecule has 1 aliphatic heterocycles. The van der Waals surface area contributed by atoms with Gasteiger partial charge in [-0.25, -0.2) is 8.42 Å². The molecular formula is C25H31ClN4O4S. The molecule has 0 spiro atoms. The minimum atomic E-state index is -4.04. The second kappa shape index (κ2) is 10.6. The van der Waals surface area contributed by atoms with Crippen LogP contribution in [0.4, 0.5) is 0 Å². The van der Waals surface area contributed by atoms with Gasteiger partial charge in [0.1, 0.15) is 11.7 Å². The van der Waals surface area contributed by atoms with Gasteiger partial charge in [0.05, 0.1) is 4.90 Å². The SMILES string of the molecule is CC(C)C1CCNC(=O)C(N(Cc2ccc(C(=O)NC3CC3)nc2)S(=O)(=O)c2ccc(Cl)cc2)C1. The molecule has 0 radical (unpaired) electrons. The first-order valence-electron chi connectivity index (χ1n) is 12.0. The van der Waals surface area contributed by atoms with E-state index in [0.717, 1.165) is 19.3 Å². The molecule has 35 heavy (non-hydrogen) atoms. The largest absolute Gasteiger partial charge is 0.355 e. The van der Waals surface area contributed by atoms with Crippen LogP contribution >= 0.6 is 11.6 Å². The Labute approximate surface area is 211 Å². The first kappa shape index (κ1) is 25.6. The van der Waals surface area contributed by atoms with Crippen LogP contribution < -0.4 is 10.6 Å². The number of nitrogens with zero attached hydrogens (tertiary/aromatic N) is 2. The first-order valence-corrected chi connectivity index (χ1v) is 13.8. The number of hydrogen-bond donors (Lipinski definition) is 2. The lowest BCUT2D eigenvalue weighted by Crippen LogP contribution is -2.48. The van der Waals surface area contributed by atoms with E-state index < -0.39 is 16.1 Å². The summed E-state index contributed by atoms with van der Waals surface area (Å²) < 4.78 is 28.9. The van der Waals surface area contributed by atoms with Crippen LogP contribution in [0.2, 0.25) is 5.02 Å². The standard InChI is InChI=1S/C25H31ClN4O4S/c1-16(2)18-11-12-27-25(32)23(13-18)30(35(33,34)21-8-4-19(26)5-9-21)15-17-3-10-22(28-14-17)24(31)29-20-6-7-20/h3-5,8-10,14,16,18,20,23H,6-7,11-13,15H2,1-2H3,(H,27,32)(H,29,31). The highest BCUT2D eigenvalue weighted by Gasteiger charge is 2.39. The van der Waals surface area contributed by atoms with Crippen LogP contribution in [0.25, 0.3) is 0 Å². The summed E-state index contributed by atoms with van der Waals surface area (Å²) in [4.78, 5) is 29.7. The van der Waals surface area contributed by atoms with E-state index in [2.05, 4.69) is 29.5 Å². The van der Waals surface area contributed by atoms with E-state index in [-0.39, 0.29) is 40.9 Å². The van der Waals surface area contributed by atoms with E-state index in [9.17, 15) is 18.0 Å². The van der Waals surface area contributed by atoms with E-state index in [4.69, 9.17) is 11.6 Å². The number of aromatic nitrogens is 1. The molecule has 1 saturated heterocycles. The number of carbonyl (C=O) groups is 2. The van der Waals surface area contributed by atoms with Crippen molar-refractivity contribution < 1.29 is 18.0 Å². The molecule has 188 valence electrons. The van der Waals surface area contributed by atoms with Crippen molar-refractivity contribution in [3.8, 4) is 0 Å². The molecule has 2 amide bonds. The van der Waals surface area contributed by atoms with E-state index >= 15 is 0 Å². The van der Waals surface area contributed by atoms with E-state index in [0.29, 0.717) is 29.5 Å². The number of rotatable bonds is 8. The lowest BCUT2D eigenvalue weighted by Gasteiger charge is -2.31. The molecule has 10 heteroatoms. The van der Waals surface area contributed by atoms with Gasteiger partial charge in [-0.05, 0) is 73.4 Å². The zero-order chi connectivity index (χ0) is 25.2. The summed E-state index contributed by atoms with van der Waals surface area (Å²) in [6.45, 7) is 4.64. The number of nitrogens with one attached hydrogen (secondary N) is 2. The highest BCUT2D eigenvalue weighted by molar-refractivity contribution is 7.89. The Hall–Kier alpha value is -2.49. The smallest absolute Gasteiger partial charge is 0.270 e. The summed E-state index contributed by atoms with van der Waals surface area (Å²) in [5, 5.41) is 6.20. The van der Waals surface area contributed by atoms with Crippen LogP contribution in [0.3, 0.4) is 0 Å². The van der Waals surface area contributed by atoms with Gasteiger partial charge in [0.2, 0.25) is 15.9 Å². The van der Waals surface area contributed by atoms with Crippen molar-refractivity contribution in [2.75, 3.05) is 6.54 Å². The number of halogens is 1. The number of benzene rings is 1. The third-order valence-corrected chi connectivity index (χ3v) is 8.78. The van der Waals surface area contributed by atoms with Crippen molar-refractivity contribution in [3.05, 3.63) is 58.9 Å². The molecule has 1 aromatic carbocycles. The molecule has 1 saturated carbocycles. The second-order valence-electron chi connectivity index (χ2n) is 9.64. The summed E-state index contributed by atoms with van der Waals surface area (Å²) in [7, 11) is -4.04. The number of amides is 2. The minimum Gasteiger partial charge on any atom is -0.355 e. The van der Waals surface area contributed by atoms with Gasteiger partial charge in [-0.3, -0.25) is 14.6 Å². The summed E-state index contributed by atoms with van der Waals surface area (Å²) in [6.07, 6.45) is 4.66. The number of sulfonamides is 1. The van der Waals surface area contributed by atoms with Gasteiger partial charge < -0.3 is 10.6 Å². The molecule has 2 N–H and O–H groups in total. The molecule has 0 bridgehead atoms. The average Bonchev–Trinajstić information content (AvgIpc) is 3.65. The van der Waals surface area contributed by atoms with Gasteiger partial charge in [-0.2, -0.15) is 4.31 Å². The maximum Gasteiger partial charge on any atom is 0.270 e. The van der Waals surface area contributed by atoms with Crippen LogP contribution in [-0.4, -0.2) is 48.1 Å². The maximum atomic E-state index is 13.8. The molecular weight excluding hydrogens is 488 g/mol. The highest BCUT2D eigenvalue weighted by atomic mass is 35.5. The van der Waals surface area contributed by atoms with Gasteiger partial charge in [0.15, 0.2) is 0 Å². The fourth-order valence-corrected chi connectivity index (χ4v) is 6.00. The molecule has 2 unspecified atom stereocenters. The topological polar surface area (TPSA) is 108 Å². The molecule has 2 fully saturated rings. The van der Waals surface area contributed by atoms with Gasteiger partial charge in [-0.1, -0.05) is 31.5 Å². The minimum absolute atomic E-state index is 0.0502. The zero-order valence-corrected chi connectivity index (χ0v) is 21.5. The van der Waals surface area contributed by atoms with Gasteiger partial charge in [0.25, 0.3) is 5.91 Å². The molecule has 2 heterocycles. The second-order valence-corrected chi connectivity index (χ2v) is 12.0. The van der Waals surface area contributed by atoms with Crippen molar-refractivity contribution in [2.24, 2.45) is 11.8 Å². The van der Waals surface area contributed by atoms with E-state index in [1.54, 1.807) is 12.1 Å². The monoisotopic (exact) mass is 518 g/mol. The molecule has 4 rings (SSSR count). The Bertz CT molecular complexity index is 1160. The Morgan fingerprint density at radius 2 is 1.89 bits per heavy atom. The van der Waals surface area contributed by atoms with Crippen LogP contribution in [0.15, 0.2) is 47.5 Å². The lowest BCUT2D eigenvalue weighted by molar-refractivity contribution is -0.124. The Morgan fingerprint density at radius 3 is 2.49 bits per heavy atom. The highest BCUT2D eigenvalue weighted by Crippen LogP contribution is 2.30. The van der Waals surface area contributed by atoms with Crippen LogP contribution in [0.1, 0.15) is 55.6 Å². The fraction of sp³-hybridized carbons (Fsp3) is 0.480. The predicted molar refractivity (Wildman–Crippen MR) is 133 cm³/mol. The summed E-state index contributed by atoms with van der Waals surface area (Å²) in [5.41, 5.74) is 0.864. The Kier molecular flexibility index (Phi) is 7.78. The molecule has 2 aromatic rings. The predicted octanol–water partition coefficient (Wildman–Crippen LogP) is 3.37. The Morgan fingerprint density at radius 1 is 1.17 bits per heavy atom. The van der Waals surface area contributed by atoms with Gasteiger partial charge >= 0.3 is 0 Å². The fourth-order valence-electron chi connectivity index (χ4n) is 4.29. The van der Waals surface area contributed by atoms with Crippen LogP contribution in [0, 0.1) is 11.8 Å². The molecule has 2 atom stereocenters. The van der Waals surface area contributed by atoms with Crippen LogP contribution in [0.5, 0.6) is 0 Å².